The summed E-state index contributed by atoms with van der Waals surface area (Å²) in [6, 6.07) is 0. The zero-order valence-corrected chi connectivity index (χ0v) is 15.1. The fourth-order valence-electron chi connectivity index (χ4n) is 6.52. The zero-order chi connectivity index (χ0) is 16.2. The Kier molecular flexibility index (Phi) is 3.70. The molecule has 1 amide bonds. The second-order valence-electron chi connectivity index (χ2n) is 9.62. The molecule has 4 aliphatic rings. The molecule has 0 aromatic heterocycles. The van der Waals surface area contributed by atoms with Crippen LogP contribution in [0, 0.1) is 29.1 Å². The van der Waals surface area contributed by atoms with Gasteiger partial charge in [-0.3, -0.25) is 0 Å². The van der Waals surface area contributed by atoms with Crippen LogP contribution in [0.25, 0.3) is 0 Å². The lowest BCUT2D eigenvalue weighted by molar-refractivity contribution is -0.134. The van der Waals surface area contributed by atoms with Gasteiger partial charge in [0.1, 0.15) is 5.60 Å². The lowest BCUT2D eigenvalue weighted by Crippen LogP contribution is -2.56. The predicted octanol–water partition coefficient (Wildman–Crippen LogP) is 4.85. The molecule has 0 N–H and O–H groups in total. The summed E-state index contributed by atoms with van der Waals surface area (Å²) in [7, 11) is 0. The third-order valence-electron chi connectivity index (χ3n) is 7.62. The molecule has 2 bridgehead atoms. The summed E-state index contributed by atoms with van der Waals surface area (Å²) in [6.45, 7) is 8.65. The van der Waals surface area contributed by atoms with Crippen molar-refractivity contribution in [1.29, 1.82) is 0 Å². The molecule has 1 heterocycles. The van der Waals surface area contributed by atoms with Crippen molar-refractivity contribution in [3.63, 3.8) is 0 Å². The van der Waals surface area contributed by atoms with Gasteiger partial charge in [0.2, 0.25) is 0 Å². The van der Waals surface area contributed by atoms with E-state index in [1.54, 1.807) is 0 Å². The van der Waals surface area contributed by atoms with Crippen LogP contribution in [0.4, 0.5) is 4.79 Å². The summed E-state index contributed by atoms with van der Waals surface area (Å²) < 4.78 is 6.43. The standard InChI is InChI=1S/C20H33NO2/c1-19(2,3)20(23-18(22)21-10-5-4-6-11-21)13-14-12-17(20)16-9-7-8-15(14)16/h14-17H,4-13H2,1-3H3. The lowest BCUT2D eigenvalue weighted by Gasteiger charge is -2.50. The number of likely N-dealkylation sites (tertiary alicyclic amines) is 1. The first-order chi connectivity index (χ1) is 10.9. The Morgan fingerprint density at radius 1 is 1.04 bits per heavy atom. The molecule has 3 heteroatoms. The van der Waals surface area contributed by atoms with Gasteiger partial charge in [-0.25, -0.2) is 4.79 Å². The Morgan fingerprint density at radius 3 is 2.43 bits per heavy atom. The van der Waals surface area contributed by atoms with Gasteiger partial charge in [-0.2, -0.15) is 0 Å². The maximum absolute atomic E-state index is 12.9. The lowest BCUT2D eigenvalue weighted by atomic mass is 9.62. The highest BCUT2D eigenvalue weighted by atomic mass is 16.6. The van der Waals surface area contributed by atoms with Crippen LogP contribution in [0.15, 0.2) is 0 Å². The molecule has 130 valence electrons. The van der Waals surface area contributed by atoms with Crippen LogP contribution in [-0.4, -0.2) is 29.7 Å². The average molecular weight is 319 g/mol. The highest BCUT2D eigenvalue weighted by Crippen LogP contribution is 2.67. The molecule has 3 aliphatic carbocycles. The number of piperidine rings is 1. The first-order valence-electron chi connectivity index (χ1n) is 9.90. The van der Waals surface area contributed by atoms with Gasteiger partial charge in [0.15, 0.2) is 0 Å². The van der Waals surface area contributed by atoms with E-state index >= 15 is 0 Å². The van der Waals surface area contributed by atoms with Crippen molar-refractivity contribution < 1.29 is 9.53 Å². The first kappa shape index (κ1) is 15.8. The summed E-state index contributed by atoms with van der Waals surface area (Å²) >= 11 is 0. The highest BCUT2D eigenvalue weighted by molar-refractivity contribution is 5.68. The number of nitrogens with zero attached hydrogens (tertiary/aromatic N) is 1. The van der Waals surface area contributed by atoms with Gasteiger partial charge in [-0.15, -0.1) is 0 Å². The minimum atomic E-state index is -0.225. The third-order valence-corrected chi connectivity index (χ3v) is 7.62. The number of ether oxygens (including phenoxy) is 1. The average Bonchev–Trinajstić information content (AvgIpc) is 3.18. The van der Waals surface area contributed by atoms with Crippen LogP contribution in [0.1, 0.15) is 72.1 Å². The minimum absolute atomic E-state index is 0.0262. The van der Waals surface area contributed by atoms with Crippen molar-refractivity contribution in [3.8, 4) is 0 Å². The van der Waals surface area contributed by atoms with E-state index in [2.05, 4.69) is 20.8 Å². The molecule has 3 saturated carbocycles. The number of carbonyl (C=O) groups excluding carboxylic acids is 1. The van der Waals surface area contributed by atoms with Crippen LogP contribution < -0.4 is 0 Å². The summed E-state index contributed by atoms with van der Waals surface area (Å²) in [4.78, 5) is 14.8. The minimum Gasteiger partial charge on any atom is -0.442 e. The summed E-state index contributed by atoms with van der Waals surface area (Å²) in [5, 5.41) is 0. The largest absolute Gasteiger partial charge is 0.442 e. The second kappa shape index (κ2) is 5.39. The highest BCUT2D eigenvalue weighted by Gasteiger charge is 2.66. The van der Waals surface area contributed by atoms with Gasteiger partial charge >= 0.3 is 6.09 Å². The molecule has 1 saturated heterocycles. The Morgan fingerprint density at radius 2 is 1.74 bits per heavy atom. The normalized spacial score (nSPS) is 42.8. The van der Waals surface area contributed by atoms with Gasteiger partial charge in [0.05, 0.1) is 0 Å². The second-order valence-corrected chi connectivity index (χ2v) is 9.62. The molecule has 4 fully saturated rings. The van der Waals surface area contributed by atoms with Gasteiger partial charge in [0, 0.05) is 24.4 Å². The van der Waals surface area contributed by atoms with Gasteiger partial charge in [-0.05, 0) is 62.7 Å². The van der Waals surface area contributed by atoms with E-state index in [4.69, 9.17) is 4.74 Å². The summed E-state index contributed by atoms with van der Waals surface area (Å²) in [6.07, 6.45) is 10.1. The number of amides is 1. The van der Waals surface area contributed by atoms with Crippen molar-refractivity contribution in [2.75, 3.05) is 13.1 Å². The molecule has 0 spiro atoms. The quantitative estimate of drug-likeness (QED) is 0.691. The van der Waals surface area contributed by atoms with Crippen molar-refractivity contribution >= 4 is 6.09 Å². The number of carbonyl (C=O) groups is 1. The van der Waals surface area contributed by atoms with Crippen LogP contribution in [0.2, 0.25) is 0 Å². The molecule has 4 rings (SSSR count). The fourth-order valence-corrected chi connectivity index (χ4v) is 6.52. The Bertz CT molecular complexity index is 477. The Hall–Kier alpha value is -0.730. The molecule has 23 heavy (non-hydrogen) atoms. The van der Waals surface area contributed by atoms with Gasteiger partial charge in [-0.1, -0.05) is 27.2 Å². The summed E-state index contributed by atoms with van der Waals surface area (Å²) in [5.41, 5.74) is -0.191. The van der Waals surface area contributed by atoms with E-state index in [0.29, 0.717) is 5.92 Å². The topological polar surface area (TPSA) is 29.5 Å². The van der Waals surface area contributed by atoms with Crippen molar-refractivity contribution in [2.45, 2.75) is 77.7 Å². The van der Waals surface area contributed by atoms with E-state index in [1.807, 2.05) is 4.90 Å². The van der Waals surface area contributed by atoms with E-state index in [9.17, 15) is 4.79 Å². The summed E-state index contributed by atoms with van der Waals surface area (Å²) in [5.74, 6) is 3.17. The first-order valence-corrected chi connectivity index (χ1v) is 9.90. The van der Waals surface area contributed by atoms with Crippen LogP contribution in [0.3, 0.4) is 0 Å². The molecule has 1 aliphatic heterocycles. The molecule has 5 unspecified atom stereocenters. The monoisotopic (exact) mass is 319 g/mol. The fraction of sp³-hybridized carbons (Fsp3) is 0.950. The van der Waals surface area contributed by atoms with E-state index in [1.165, 1.54) is 32.1 Å². The Balaban J connectivity index is 1.58. The molecular formula is C20H33NO2. The zero-order valence-electron chi connectivity index (χ0n) is 15.1. The number of hydrogen-bond donors (Lipinski definition) is 0. The maximum Gasteiger partial charge on any atom is 0.410 e. The van der Waals surface area contributed by atoms with Gasteiger partial charge in [0.25, 0.3) is 0 Å². The third kappa shape index (κ3) is 2.33. The van der Waals surface area contributed by atoms with E-state index in [0.717, 1.165) is 50.1 Å². The number of fused-ring (bicyclic) bond motifs is 5. The van der Waals surface area contributed by atoms with Crippen LogP contribution in [0.5, 0.6) is 0 Å². The molecule has 0 aromatic carbocycles. The SMILES string of the molecule is CC(C)(C)C1(OC(=O)N2CCCCC2)CC2CC1C1CCCC21. The molecular weight excluding hydrogens is 286 g/mol. The van der Waals surface area contributed by atoms with Crippen molar-refractivity contribution in [3.05, 3.63) is 0 Å². The van der Waals surface area contributed by atoms with Crippen LogP contribution >= 0.6 is 0 Å². The smallest absolute Gasteiger partial charge is 0.410 e. The number of hydrogen-bond acceptors (Lipinski definition) is 2. The number of rotatable bonds is 1. The maximum atomic E-state index is 12.9. The van der Waals surface area contributed by atoms with Gasteiger partial charge < -0.3 is 9.64 Å². The predicted molar refractivity (Wildman–Crippen MR) is 91.1 cm³/mol. The van der Waals surface area contributed by atoms with Crippen molar-refractivity contribution in [2.24, 2.45) is 29.1 Å². The molecule has 5 atom stereocenters. The molecule has 0 radical (unpaired) electrons. The Labute approximate surface area is 141 Å². The van der Waals surface area contributed by atoms with E-state index in [-0.39, 0.29) is 17.1 Å². The van der Waals surface area contributed by atoms with E-state index < -0.39 is 0 Å². The van der Waals surface area contributed by atoms with Crippen molar-refractivity contribution in [1.82, 2.24) is 4.90 Å². The molecule has 0 aromatic rings. The van der Waals surface area contributed by atoms with Crippen LogP contribution in [-0.2, 0) is 4.74 Å². The molecule has 3 nitrogen and oxygen atoms in total.